The third-order valence-corrected chi connectivity index (χ3v) is 7.57. The van der Waals surface area contributed by atoms with Crippen molar-refractivity contribution >= 4 is 6.09 Å². The first-order chi connectivity index (χ1) is 15.1. The highest BCUT2D eigenvalue weighted by Crippen LogP contribution is 2.49. The molecule has 0 unspecified atom stereocenters. The van der Waals surface area contributed by atoms with Crippen molar-refractivity contribution in [1.82, 2.24) is 19.8 Å². The van der Waals surface area contributed by atoms with Crippen molar-refractivity contribution in [1.29, 1.82) is 0 Å². The van der Waals surface area contributed by atoms with E-state index >= 15 is 0 Å². The van der Waals surface area contributed by atoms with E-state index in [9.17, 15) is 14.4 Å². The van der Waals surface area contributed by atoms with E-state index in [1.54, 1.807) is 10.8 Å². The second-order valence-electron chi connectivity index (χ2n) is 11.2. The monoisotopic (exact) mass is 446 g/mol. The van der Waals surface area contributed by atoms with E-state index in [4.69, 9.17) is 4.74 Å². The minimum atomic E-state index is -0.452. The Morgan fingerprint density at radius 2 is 1.81 bits per heavy atom. The molecule has 0 atom stereocenters. The van der Waals surface area contributed by atoms with Gasteiger partial charge in [-0.15, -0.1) is 0 Å². The number of carbonyl (C=O) groups excluding carboxylic acids is 1. The molecule has 1 aromatic heterocycles. The molecule has 1 aliphatic heterocycles. The van der Waals surface area contributed by atoms with Gasteiger partial charge in [0.05, 0.1) is 0 Å². The molecule has 0 bridgehead atoms. The molecule has 1 amide bonds. The third kappa shape index (κ3) is 5.63. The zero-order chi connectivity index (χ0) is 22.9. The number of piperidine rings is 1. The van der Waals surface area contributed by atoms with Crippen LogP contribution in [0.3, 0.4) is 0 Å². The van der Waals surface area contributed by atoms with E-state index in [0.717, 1.165) is 58.2 Å². The van der Waals surface area contributed by atoms with Gasteiger partial charge in [0, 0.05) is 30.9 Å². The van der Waals surface area contributed by atoms with Gasteiger partial charge in [-0.05, 0) is 96.6 Å². The maximum atomic E-state index is 12.0. The van der Waals surface area contributed by atoms with Crippen LogP contribution >= 0.6 is 0 Å². The van der Waals surface area contributed by atoms with Gasteiger partial charge in [-0.1, -0.05) is 0 Å². The average molecular weight is 447 g/mol. The number of hydrogen-bond acceptors (Lipinski definition) is 5. The number of aromatic nitrogens is 2. The summed E-state index contributed by atoms with van der Waals surface area (Å²) in [5.41, 5.74) is -0.672. The van der Waals surface area contributed by atoms with Crippen molar-refractivity contribution in [3.05, 3.63) is 33.1 Å². The van der Waals surface area contributed by atoms with E-state index in [1.807, 2.05) is 20.8 Å². The molecule has 2 saturated carbocycles. The predicted molar refractivity (Wildman–Crippen MR) is 123 cm³/mol. The maximum absolute atomic E-state index is 12.0. The maximum Gasteiger partial charge on any atom is 0.407 e. The minimum Gasteiger partial charge on any atom is -0.444 e. The Morgan fingerprint density at radius 3 is 2.41 bits per heavy atom. The van der Waals surface area contributed by atoms with Crippen LogP contribution in [0.2, 0.25) is 0 Å². The third-order valence-electron chi connectivity index (χ3n) is 7.57. The Hall–Kier alpha value is -2.09. The molecule has 32 heavy (non-hydrogen) atoms. The minimum absolute atomic E-state index is 0.199. The second kappa shape index (κ2) is 9.04. The molecule has 178 valence electrons. The number of aromatic amines is 1. The summed E-state index contributed by atoms with van der Waals surface area (Å²) in [6, 6.07) is 1.89. The number of rotatable bonds is 4. The fraction of sp³-hybridized carbons (Fsp3) is 0.792. The van der Waals surface area contributed by atoms with Gasteiger partial charge in [-0.2, -0.15) is 0 Å². The SMILES string of the molecule is CC(C)(C)OC(=O)NC1CC2(CCN(C[C@H]3CC[C@H](n4ccc(=O)[nH]c4=O)CC3)CC2)C1. The summed E-state index contributed by atoms with van der Waals surface area (Å²) in [6.07, 6.45) is 10.1. The van der Waals surface area contributed by atoms with Crippen LogP contribution < -0.4 is 16.6 Å². The van der Waals surface area contributed by atoms with Crippen LogP contribution in [0.15, 0.2) is 21.9 Å². The molecular formula is C24H38N4O4. The molecule has 3 fully saturated rings. The highest BCUT2D eigenvalue weighted by Gasteiger charge is 2.46. The van der Waals surface area contributed by atoms with Crippen molar-refractivity contribution in [2.24, 2.45) is 11.3 Å². The highest BCUT2D eigenvalue weighted by atomic mass is 16.6. The lowest BCUT2D eigenvalue weighted by Gasteiger charge is -2.52. The number of nitrogens with zero attached hydrogens (tertiary/aromatic N) is 2. The van der Waals surface area contributed by atoms with Crippen LogP contribution in [0.5, 0.6) is 0 Å². The molecule has 8 nitrogen and oxygen atoms in total. The smallest absolute Gasteiger partial charge is 0.407 e. The van der Waals surface area contributed by atoms with Crippen molar-refractivity contribution in [3.63, 3.8) is 0 Å². The lowest BCUT2D eigenvalue weighted by molar-refractivity contribution is -0.00700. The Balaban J connectivity index is 1.16. The van der Waals surface area contributed by atoms with Gasteiger partial charge in [0.2, 0.25) is 0 Å². The zero-order valence-electron chi connectivity index (χ0n) is 19.7. The van der Waals surface area contributed by atoms with Gasteiger partial charge in [0.25, 0.3) is 5.56 Å². The molecule has 4 rings (SSSR count). The van der Waals surface area contributed by atoms with Crippen LogP contribution in [0, 0.1) is 11.3 Å². The van der Waals surface area contributed by atoms with Gasteiger partial charge in [0.15, 0.2) is 0 Å². The number of carbonyl (C=O) groups is 1. The number of H-pyrrole nitrogens is 1. The van der Waals surface area contributed by atoms with Crippen LogP contribution in [0.25, 0.3) is 0 Å². The number of ether oxygens (including phenoxy) is 1. The van der Waals surface area contributed by atoms with Crippen LogP contribution in [0.1, 0.15) is 78.2 Å². The number of alkyl carbamates (subject to hydrolysis) is 1. The molecule has 2 aliphatic carbocycles. The number of likely N-dealkylation sites (tertiary alicyclic amines) is 1. The van der Waals surface area contributed by atoms with E-state index in [1.165, 1.54) is 18.9 Å². The van der Waals surface area contributed by atoms with Gasteiger partial charge >= 0.3 is 11.8 Å². The summed E-state index contributed by atoms with van der Waals surface area (Å²) in [5, 5.41) is 3.03. The quantitative estimate of drug-likeness (QED) is 0.741. The van der Waals surface area contributed by atoms with Crippen molar-refractivity contribution in [2.75, 3.05) is 19.6 Å². The van der Waals surface area contributed by atoms with Crippen LogP contribution in [-0.4, -0.2) is 51.8 Å². The topological polar surface area (TPSA) is 96.4 Å². The normalized spacial score (nSPS) is 26.5. The molecule has 2 heterocycles. The molecular weight excluding hydrogens is 408 g/mol. The largest absolute Gasteiger partial charge is 0.444 e. The highest BCUT2D eigenvalue weighted by molar-refractivity contribution is 5.68. The van der Waals surface area contributed by atoms with Gasteiger partial charge in [-0.3, -0.25) is 14.3 Å². The summed E-state index contributed by atoms with van der Waals surface area (Å²) in [7, 11) is 0. The van der Waals surface area contributed by atoms with Gasteiger partial charge in [0.1, 0.15) is 5.60 Å². The predicted octanol–water partition coefficient (Wildman–Crippen LogP) is 3.04. The molecule has 1 saturated heterocycles. The number of amides is 1. The van der Waals surface area contributed by atoms with E-state index < -0.39 is 5.60 Å². The van der Waals surface area contributed by atoms with E-state index in [0.29, 0.717) is 11.3 Å². The first-order valence-corrected chi connectivity index (χ1v) is 12.1. The summed E-state index contributed by atoms with van der Waals surface area (Å²) >= 11 is 0. The second-order valence-corrected chi connectivity index (χ2v) is 11.2. The molecule has 8 heteroatoms. The first kappa shape index (κ1) is 23.1. The lowest BCUT2D eigenvalue weighted by Crippen LogP contribution is -2.55. The van der Waals surface area contributed by atoms with Gasteiger partial charge < -0.3 is 15.0 Å². The standard InChI is InChI=1S/C24H38N4O4/c1-23(2,3)32-22(31)25-18-14-24(15-18)9-12-27(13-10-24)16-17-4-6-19(7-5-17)28-11-8-20(29)26-21(28)30/h8,11,17-19H,4-7,9-10,12-16H2,1-3H3,(H,25,31)(H,26,29,30)/t17-,19-. The molecule has 1 aromatic rings. The number of hydrogen-bond donors (Lipinski definition) is 2. The summed E-state index contributed by atoms with van der Waals surface area (Å²) in [6.45, 7) is 9.09. The Labute approximate surface area is 189 Å². The summed E-state index contributed by atoms with van der Waals surface area (Å²) < 4.78 is 7.07. The fourth-order valence-corrected chi connectivity index (χ4v) is 5.87. The molecule has 2 N–H and O–H groups in total. The zero-order valence-corrected chi connectivity index (χ0v) is 19.7. The Morgan fingerprint density at radius 1 is 1.16 bits per heavy atom. The van der Waals surface area contributed by atoms with Crippen LogP contribution in [0.4, 0.5) is 4.79 Å². The van der Waals surface area contributed by atoms with Crippen molar-refractivity contribution < 1.29 is 9.53 Å². The van der Waals surface area contributed by atoms with Gasteiger partial charge in [-0.25, -0.2) is 9.59 Å². The molecule has 0 aromatic carbocycles. The first-order valence-electron chi connectivity index (χ1n) is 12.1. The summed E-state index contributed by atoms with van der Waals surface area (Å²) in [4.78, 5) is 40.3. The lowest BCUT2D eigenvalue weighted by atomic mass is 9.60. The number of nitrogens with one attached hydrogen (secondary N) is 2. The average Bonchev–Trinajstić information content (AvgIpc) is 2.68. The van der Waals surface area contributed by atoms with E-state index in [2.05, 4.69) is 15.2 Å². The fourth-order valence-electron chi connectivity index (χ4n) is 5.87. The van der Waals surface area contributed by atoms with Crippen molar-refractivity contribution in [2.45, 2.75) is 89.8 Å². The van der Waals surface area contributed by atoms with Crippen LogP contribution in [-0.2, 0) is 4.74 Å². The molecule has 1 spiro atoms. The molecule has 0 radical (unpaired) electrons. The van der Waals surface area contributed by atoms with Crippen molar-refractivity contribution in [3.8, 4) is 0 Å². The Kier molecular flexibility index (Phi) is 6.52. The Bertz CT molecular complexity index is 907. The van der Waals surface area contributed by atoms with E-state index in [-0.39, 0.29) is 29.4 Å². The molecule has 3 aliphatic rings. The summed E-state index contributed by atoms with van der Waals surface area (Å²) in [5.74, 6) is 0.682.